The smallest absolute Gasteiger partial charge is 0.0722 e. The van der Waals surface area contributed by atoms with Crippen LogP contribution in [0.25, 0.3) is 10.9 Å². The molecule has 0 saturated carbocycles. The molecule has 1 heterocycles. The molecule has 1 aromatic carbocycles. The first-order valence-corrected chi connectivity index (χ1v) is 6.88. The topological polar surface area (TPSA) is 24.9 Å². The van der Waals surface area contributed by atoms with Gasteiger partial charge in [-0.2, -0.15) is 11.8 Å². The first-order valence-electron chi connectivity index (χ1n) is 5.48. The van der Waals surface area contributed by atoms with E-state index in [1.165, 1.54) is 23.2 Å². The molecule has 0 bridgehead atoms. The number of hydrogen-bond acceptors (Lipinski definition) is 3. The quantitative estimate of drug-likeness (QED) is 0.800. The van der Waals surface area contributed by atoms with Gasteiger partial charge in [0.25, 0.3) is 0 Å². The predicted octanol–water partition coefficient (Wildman–Crippen LogP) is 3.40. The Morgan fingerprint density at radius 3 is 3.06 bits per heavy atom. The molecule has 0 aliphatic heterocycles. The molecule has 0 radical (unpaired) electrons. The highest BCUT2D eigenvalue weighted by atomic mass is 32.2. The summed E-state index contributed by atoms with van der Waals surface area (Å²) < 4.78 is 0. The summed E-state index contributed by atoms with van der Waals surface area (Å²) in [5.41, 5.74) is 2.24. The molecule has 1 N–H and O–H groups in total. The van der Waals surface area contributed by atoms with Gasteiger partial charge in [-0.15, -0.1) is 0 Å². The van der Waals surface area contributed by atoms with E-state index in [4.69, 9.17) is 0 Å². The minimum Gasteiger partial charge on any atom is -0.384 e. The van der Waals surface area contributed by atoms with E-state index in [9.17, 15) is 0 Å². The maximum atomic E-state index is 4.34. The Bertz CT molecular complexity index is 451. The minimum absolute atomic E-state index is 1.02. The van der Waals surface area contributed by atoms with E-state index < -0.39 is 0 Å². The van der Waals surface area contributed by atoms with Crippen molar-refractivity contribution in [1.82, 2.24) is 4.98 Å². The Hall–Kier alpha value is -1.22. The van der Waals surface area contributed by atoms with Crippen molar-refractivity contribution < 1.29 is 0 Å². The van der Waals surface area contributed by atoms with Crippen molar-refractivity contribution in [2.45, 2.75) is 6.42 Å². The van der Waals surface area contributed by atoms with Crippen molar-refractivity contribution in [3.8, 4) is 0 Å². The fourth-order valence-electron chi connectivity index (χ4n) is 1.70. The molecule has 0 amide bonds. The Morgan fingerprint density at radius 1 is 1.25 bits per heavy atom. The van der Waals surface area contributed by atoms with Gasteiger partial charge in [-0.3, -0.25) is 4.98 Å². The van der Waals surface area contributed by atoms with Crippen molar-refractivity contribution in [2.24, 2.45) is 0 Å². The second-order valence-corrected chi connectivity index (χ2v) is 4.63. The van der Waals surface area contributed by atoms with Crippen molar-refractivity contribution in [1.29, 1.82) is 0 Å². The fourth-order valence-corrected chi connectivity index (χ4v) is 2.13. The first kappa shape index (κ1) is 11.3. The van der Waals surface area contributed by atoms with Gasteiger partial charge >= 0.3 is 0 Å². The standard InChI is InChI=1S/C13H16N2S/c1-16-10-4-9-15-13-7-2-6-12-11(13)5-3-8-14-12/h2-3,5-8,15H,4,9-10H2,1H3. The highest BCUT2D eigenvalue weighted by Gasteiger charge is 1.99. The second-order valence-electron chi connectivity index (χ2n) is 3.65. The van der Waals surface area contributed by atoms with Gasteiger partial charge in [0.1, 0.15) is 0 Å². The maximum Gasteiger partial charge on any atom is 0.0722 e. The molecule has 0 unspecified atom stereocenters. The van der Waals surface area contributed by atoms with Crippen LogP contribution < -0.4 is 5.32 Å². The van der Waals surface area contributed by atoms with E-state index in [0.29, 0.717) is 0 Å². The van der Waals surface area contributed by atoms with Gasteiger partial charge in [0, 0.05) is 23.8 Å². The van der Waals surface area contributed by atoms with Crippen LogP contribution in [0.2, 0.25) is 0 Å². The van der Waals surface area contributed by atoms with Crippen LogP contribution in [0, 0.1) is 0 Å². The van der Waals surface area contributed by atoms with Gasteiger partial charge in [-0.25, -0.2) is 0 Å². The molecule has 0 atom stereocenters. The highest BCUT2D eigenvalue weighted by molar-refractivity contribution is 7.98. The molecule has 1 aromatic heterocycles. The first-order chi connectivity index (χ1) is 7.92. The summed E-state index contributed by atoms with van der Waals surface area (Å²) in [6.07, 6.45) is 5.17. The molecule has 84 valence electrons. The van der Waals surface area contributed by atoms with Crippen molar-refractivity contribution in [3.05, 3.63) is 36.5 Å². The molecular formula is C13H16N2S. The van der Waals surface area contributed by atoms with E-state index in [2.05, 4.69) is 28.7 Å². The Balaban J connectivity index is 2.11. The Morgan fingerprint density at radius 2 is 2.19 bits per heavy atom. The number of anilines is 1. The number of nitrogens with one attached hydrogen (secondary N) is 1. The van der Waals surface area contributed by atoms with Crippen LogP contribution in [0.4, 0.5) is 5.69 Å². The zero-order valence-electron chi connectivity index (χ0n) is 9.44. The summed E-state index contributed by atoms with van der Waals surface area (Å²) in [6, 6.07) is 10.3. The molecule has 2 nitrogen and oxygen atoms in total. The summed E-state index contributed by atoms with van der Waals surface area (Å²) in [6.45, 7) is 1.02. The highest BCUT2D eigenvalue weighted by Crippen LogP contribution is 2.21. The zero-order chi connectivity index (χ0) is 11.2. The van der Waals surface area contributed by atoms with Gasteiger partial charge in [0.15, 0.2) is 0 Å². The van der Waals surface area contributed by atoms with E-state index in [-0.39, 0.29) is 0 Å². The van der Waals surface area contributed by atoms with Crippen LogP contribution in [0.15, 0.2) is 36.5 Å². The van der Waals surface area contributed by atoms with Crippen LogP contribution in [0.3, 0.4) is 0 Å². The Kier molecular flexibility index (Phi) is 4.05. The monoisotopic (exact) mass is 232 g/mol. The molecule has 0 aliphatic carbocycles. The third-order valence-electron chi connectivity index (χ3n) is 2.49. The number of fused-ring (bicyclic) bond motifs is 1. The largest absolute Gasteiger partial charge is 0.384 e. The summed E-state index contributed by atoms with van der Waals surface area (Å²) in [5.74, 6) is 1.20. The molecule has 0 spiro atoms. The number of rotatable bonds is 5. The lowest BCUT2D eigenvalue weighted by Crippen LogP contribution is -2.02. The molecule has 0 fully saturated rings. The maximum absolute atomic E-state index is 4.34. The Labute approximate surface area is 100 Å². The van der Waals surface area contributed by atoms with E-state index in [1.54, 1.807) is 0 Å². The number of nitrogens with zero attached hydrogens (tertiary/aromatic N) is 1. The second kappa shape index (κ2) is 5.75. The van der Waals surface area contributed by atoms with Crippen LogP contribution in [-0.4, -0.2) is 23.5 Å². The number of hydrogen-bond donors (Lipinski definition) is 1. The van der Waals surface area contributed by atoms with Crippen LogP contribution in [-0.2, 0) is 0 Å². The minimum atomic E-state index is 1.02. The molecule has 16 heavy (non-hydrogen) atoms. The van der Waals surface area contributed by atoms with Crippen molar-refractivity contribution >= 4 is 28.4 Å². The molecule has 3 heteroatoms. The number of benzene rings is 1. The van der Waals surface area contributed by atoms with Gasteiger partial charge in [-0.05, 0) is 42.7 Å². The summed E-state index contributed by atoms with van der Waals surface area (Å²) in [7, 11) is 0. The van der Waals surface area contributed by atoms with E-state index >= 15 is 0 Å². The molecule has 2 rings (SSSR count). The molecule has 2 aromatic rings. The summed E-state index contributed by atoms with van der Waals surface area (Å²) in [4.78, 5) is 4.34. The molecule has 0 saturated heterocycles. The average Bonchev–Trinajstić information content (AvgIpc) is 2.35. The third-order valence-corrected chi connectivity index (χ3v) is 3.18. The lowest BCUT2D eigenvalue weighted by Gasteiger charge is -2.08. The lowest BCUT2D eigenvalue weighted by molar-refractivity contribution is 0.995. The van der Waals surface area contributed by atoms with Crippen molar-refractivity contribution in [3.63, 3.8) is 0 Å². The molecular weight excluding hydrogens is 216 g/mol. The lowest BCUT2D eigenvalue weighted by atomic mass is 10.2. The number of aromatic nitrogens is 1. The third kappa shape index (κ3) is 2.67. The van der Waals surface area contributed by atoms with Crippen LogP contribution >= 0.6 is 11.8 Å². The van der Waals surface area contributed by atoms with Crippen molar-refractivity contribution in [2.75, 3.05) is 23.9 Å². The van der Waals surface area contributed by atoms with Gasteiger partial charge in [-0.1, -0.05) is 6.07 Å². The number of pyridine rings is 1. The normalized spacial score (nSPS) is 10.6. The number of thioether (sulfide) groups is 1. The zero-order valence-corrected chi connectivity index (χ0v) is 10.3. The summed E-state index contributed by atoms with van der Waals surface area (Å²) >= 11 is 1.89. The molecule has 0 aliphatic rings. The van der Waals surface area contributed by atoms with Gasteiger partial charge in [0.05, 0.1) is 5.52 Å². The van der Waals surface area contributed by atoms with Gasteiger partial charge < -0.3 is 5.32 Å². The SMILES string of the molecule is CSCCCNc1cccc2ncccc12. The van der Waals surface area contributed by atoms with Gasteiger partial charge in [0.2, 0.25) is 0 Å². The van der Waals surface area contributed by atoms with E-state index in [1.807, 2.05) is 36.2 Å². The van der Waals surface area contributed by atoms with E-state index in [0.717, 1.165) is 12.1 Å². The predicted molar refractivity (Wildman–Crippen MR) is 73.2 cm³/mol. The summed E-state index contributed by atoms with van der Waals surface area (Å²) in [5, 5.41) is 4.67. The fraction of sp³-hybridized carbons (Fsp3) is 0.308. The average molecular weight is 232 g/mol. The van der Waals surface area contributed by atoms with Crippen LogP contribution in [0.1, 0.15) is 6.42 Å². The van der Waals surface area contributed by atoms with Crippen LogP contribution in [0.5, 0.6) is 0 Å².